The van der Waals surface area contributed by atoms with Crippen molar-refractivity contribution in [3.63, 3.8) is 0 Å². The van der Waals surface area contributed by atoms with E-state index in [1.165, 1.54) is 4.68 Å². The lowest BCUT2D eigenvalue weighted by Crippen LogP contribution is -2.23. The summed E-state index contributed by atoms with van der Waals surface area (Å²) in [4.78, 5) is 21.1. The summed E-state index contributed by atoms with van der Waals surface area (Å²) in [6.45, 7) is 2.28. The molecular weight excluding hydrogens is 318 g/mol. The standard InChI is InChI=1S/C18H17N5O2.H2/c1-3-6-12-11(4-2)16(12)17-21-15(25-22-17)10-23-18(24)13-7-5-8-19-14(13)9-20-23;/h1,5,7-9,11-12,16H,4,6,10H2,2H3;1H/t11-,12+,16+;/m1./s1. The van der Waals surface area contributed by atoms with E-state index in [1.807, 2.05) is 0 Å². The van der Waals surface area contributed by atoms with Gasteiger partial charge in [-0.15, -0.1) is 12.3 Å². The van der Waals surface area contributed by atoms with Crippen molar-refractivity contribution in [2.45, 2.75) is 32.2 Å². The minimum atomic E-state index is -0.228. The van der Waals surface area contributed by atoms with Gasteiger partial charge < -0.3 is 4.52 Å². The minimum Gasteiger partial charge on any atom is -0.337 e. The van der Waals surface area contributed by atoms with E-state index < -0.39 is 0 Å². The van der Waals surface area contributed by atoms with Crippen LogP contribution in [0.25, 0.3) is 10.9 Å². The number of aromatic nitrogens is 5. The predicted molar refractivity (Wildman–Crippen MR) is 92.8 cm³/mol. The molecule has 4 rings (SSSR count). The van der Waals surface area contributed by atoms with Gasteiger partial charge in [-0.05, 0) is 24.0 Å². The van der Waals surface area contributed by atoms with Crippen LogP contribution < -0.4 is 5.56 Å². The molecule has 3 aromatic heterocycles. The molecule has 1 saturated carbocycles. The van der Waals surface area contributed by atoms with Gasteiger partial charge in [0.15, 0.2) is 5.82 Å². The summed E-state index contributed by atoms with van der Waals surface area (Å²) in [5.41, 5.74) is 0.337. The van der Waals surface area contributed by atoms with Crippen LogP contribution in [0.4, 0.5) is 0 Å². The van der Waals surface area contributed by atoms with Crippen LogP contribution in [0.3, 0.4) is 0 Å². The first-order valence-electron chi connectivity index (χ1n) is 8.29. The van der Waals surface area contributed by atoms with Crippen molar-refractivity contribution in [2.75, 3.05) is 0 Å². The van der Waals surface area contributed by atoms with Gasteiger partial charge in [0, 0.05) is 20.0 Å². The highest BCUT2D eigenvalue weighted by Crippen LogP contribution is 2.56. The monoisotopic (exact) mass is 337 g/mol. The van der Waals surface area contributed by atoms with Gasteiger partial charge in [-0.3, -0.25) is 9.78 Å². The zero-order valence-electron chi connectivity index (χ0n) is 13.8. The summed E-state index contributed by atoms with van der Waals surface area (Å²) in [5.74, 6) is 4.95. The van der Waals surface area contributed by atoms with Gasteiger partial charge in [-0.2, -0.15) is 10.1 Å². The molecule has 0 amide bonds. The zero-order chi connectivity index (χ0) is 17.4. The Balaban J connectivity index is 0.00000196. The Morgan fingerprint density at radius 2 is 2.32 bits per heavy atom. The average Bonchev–Trinajstić information content (AvgIpc) is 3.13. The molecule has 0 unspecified atom stereocenters. The number of nitrogens with zero attached hydrogens (tertiary/aromatic N) is 5. The molecule has 1 aliphatic rings. The van der Waals surface area contributed by atoms with Crippen LogP contribution in [0, 0.1) is 24.2 Å². The van der Waals surface area contributed by atoms with Gasteiger partial charge in [0.25, 0.3) is 5.56 Å². The van der Waals surface area contributed by atoms with Crippen molar-refractivity contribution >= 4 is 10.9 Å². The summed E-state index contributed by atoms with van der Waals surface area (Å²) in [5, 5.41) is 8.73. The first-order valence-corrected chi connectivity index (χ1v) is 8.29. The third kappa shape index (κ3) is 2.70. The fraction of sp³-hybridized carbons (Fsp3) is 0.389. The van der Waals surface area contributed by atoms with E-state index in [2.05, 4.69) is 33.1 Å². The number of terminal acetylenes is 1. The molecule has 0 spiro atoms. The van der Waals surface area contributed by atoms with Crippen molar-refractivity contribution < 1.29 is 5.95 Å². The molecule has 25 heavy (non-hydrogen) atoms. The van der Waals surface area contributed by atoms with Crippen LogP contribution >= 0.6 is 0 Å². The third-order valence-electron chi connectivity index (χ3n) is 4.85. The number of hydrogen-bond donors (Lipinski definition) is 0. The van der Waals surface area contributed by atoms with Gasteiger partial charge in [0.1, 0.15) is 6.54 Å². The Morgan fingerprint density at radius 3 is 3.12 bits per heavy atom. The molecule has 7 nitrogen and oxygen atoms in total. The quantitative estimate of drug-likeness (QED) is 0.664. The molecule has 0 bridgehead atoms. The van der Waals surface area contributed by atoms with Crippen LogP contribution in [0.2, 0.25) is 0 Å². The van der Waals surface area contributed by atoms with E-state index in [0.717, 1.165) is 12.8 Å². The van der Waals surface area contributed by atoms with E-state index in [1.54, 1.807) is 24.5 Å². The van der Waals surface area contributed by atoms with Crippen LogP contribution in [0.15, 0.2) is 33.8 Å². The Labute approximate surface area is 145 Å². The highest BCUT2D eigenvalue weighted by atomic mass is 16.5. The fourth-order valence-corrected chi connectivity index (χ4v) is 3.52. The lowest BCUT2D eigenvalue weighted by atomic mass is 10.2. The van der Waals surface area contributed by atoms with Gasteiger partial charge in [0.2, 0.25) is 5.89 Å². The molecule has 7 heteroatoms. The smallest absolute Gasteiger partial charge is 0.276 e. The highest BCUT2D eigenvalue weighted by molar-refractivity contribution is 5.75. The molecular formula is C18H19N5O2. The van der Waals surface area contributed by atoms with E-state index in [4.69, 9.17) is 10.9 Å². The molecule has 3 aromatic rings. The second-order valence-electron chi connectivity index (χ2n) is 6.26. The van der Waals surface area contributed by atoms with Crippen molar-refractivity contribution in [1.29, 1.82) is 0 Å². The van der Waals surface area contributed by atoms with Crippen LogP contribution in [-0.2, 0) is 6.54 Å². The SMILES string of the molecule is C#CC[C@H]1[C@@H](CC)[C@@H]1c1noc(Cn2ncc3ncccc3c2=O)n1.[HH]. The number of rotatable bonds is 5. The molecule has 1 aliphatic carbocycles. The fourth-order valence-electron chi connectivity index (χ4n) is 3.52. The molecule has 0 aliphatic heterocycles. The Kier molecular flexibility index (Phi) is 3.80. The van der Waals surface area contributed by atoms with Crippen molar-refractivity contribution in [1.82, 2.24) is 24.9 Å². The summed E-state index contributed by atoms with van der Waals surface area (Å²) in [6, 6.07) is 3.45. The van der Waals surface area contributed by atoms with Crippen molar-refractivity contribution in [2.24, 2.45) is 11.8 Å². The maximum Gasteiger partial charge on any atom is 0.276 e. The summed E-state index contributed by atoms with van der Waals surface area (Å²) in [7, 11) is 0. The predicted octanol–water partition coefficient (Wildman–Crippen LogP) is 2.23. The van der Waals surface area contributed by atoms with Crippen LogP contribution in [-0.4, -0.2) is 24.9 Å². The molecule has 0 saturated heterocycles. The molecule has 128 valence electrons. The van der Waals surface area contributed by atoms with Crippen molar-refractivity contribution in [3.05, 3.63) is 46.6 Å². The largest absolute Gasteiger partial charge is 0.337 e. The Bertz CT molecular complexity index is 1020. The van der Waals surface area contributed by atoms with Gasteiger partial charge in [0.05, 0.1) is 17.1 Å². The molecule has 0 aromatic carbocycles. The van der Waals surface area contributed by atoms with Gasteiger partial charge >= 0.3 is 0 Å². The average molecular weight is 337 g/mol. The number of fused-ring (bicyclic) bond motifs is 1. The summed E-state index contributed by atoms with van der Waals surface area (Å²) in [6.07, 6.45) is 10.4. The molecule has 1 fully saturated rings. The number of hydrogen-bond acceptors (Lipinski definition) is 6. The second-order valence-corrected chi connectivity index (χ2v) is 6.26. The van der Waals surface area contributed by atoms with E-state index >= 15 is 0 Å². The molecule has 3 heterocycles. The van der Waals surface area contributed by atoms with Crippen LogP contribution in [0.5, 0.6) is 0 Å². The lowest BCUT2D eigenvalue weighted by Gasteiger charge is -2.01. The maximum atomic E-state index is 12.5. The van der Waals surface area contributed by atoms with Crippen LogP contribution in [0.1, 0.15) is 38.8 Å². The zero-order valence-corrected chi connectivity index (χ0v) is 13.8. The van der Waals surface area contributed by atoms with E-state index in [0.29, 0.717) is 34.5 Å². The number of pyridine rings is 1. The van der Waals surface area contributed by atoms with Gasteiger partial charge in [-0.1, -0.05) is 18.5 Å². The molecule has 0 radical (unpaired) electrons. The molecule has 3 atom stereocenters. The first-order chi connectivity index (χ1) is 12.2. The summed E-state index contributed by atoms with van der Waals surface area (Å²) >= 11 is 0. The normalized spacial score (nSPS) is 22.0. The van der Waals surface area contributed by atoms with Crippen molar-refractivity contribution in [3.8, 4) is 12.3 Å². The lowest BCUT2D eigenvalue weighted by molar-refractivity contribution is 0.358. The maximum absolute atomic E-state index is 12.5. The topological polar surface area (TPSA) is 86.7 Å². The Morgan fingerprint density at radius 1 is 1.44 bits per heavy atom. The molecule has 0 N–H and O–H groups in total. The van der Waals surface area contributed by atoms with E-state index in [-0.39, 0.29) is 19.4 Å². The van der Waals surface area contributed by atoms with E-state index in [9.17, 15) is 4.79 Å². The Hall–Kier alpha value is -3.01. The minimum absolute atomic E-state index is 0. The van der Waals surface area contributed by atoms with Gasteiger partial charge in [-0.25, -0.2) is 4.68 Å². The summed E-state index contributed by atoms with van der Waals surface area (Å²) < 4.78 is 6.64. The first kappa shape index (κ1) is 15.5. The highest BCUT2D eigenvalue weighted by Gasteiger charge is 2.51. The third-order valence-corrected chi connectivity index (χ3v) is 4.85. The second kappa shape index (κ2) is 6.13.